The molecule has 0 radical (unpaired) electrons. The topological polar surface area (TPSA) is 27.7 Å². The molecule has 3 nitrogen and oxygen atoms in total. The molecule has 7 heteroatoms. The van der Waals surface area contributed by atoms with E-state index in [-0.39, 0.29) is 0 Å². The Bertz CT molecular complexity index is 359. The van der Waals surface area contributed by atoms with Crippen LogP contribution in [0.5, 0.6) is 0 Å². The molecule has 0 aromatic heterocycles. The Kier molecular flexibility index (Phi) is 15.4. The molecule has 0 N–H and O–H groups in total. The molecule has 1 atom stereocenters. The smallest absolute Gasteiger partial charge is 0.374 e. The van der Waals surface area contributed by atoms with Crippen LogP contribution in [-0.4, -0.2) is 51.6 Å². The Morgan fingerprint density at radius 1 is 0.929 bits per heavy atom. The first-order valence-electron chi connectivity index (χ1n) is 11.3. The van der Waals surface area contributed by atoms with E-state index in [0.29, 0.717) is 25.2 Å². The normalized spacial score (nSPS) is 19.8. The van der Waals surface area contributed by atoms with Gasteiger partial charge in [0.05, 0.1) is 0 Å². The van der Waals surface area contributed by atoms with Crippen LogP contribution in [0, 0.1) is 11.3 Å². The van der Waals surface area contributed by atoms with E-state index in [4.69, 9.17) is 13.3 Å². The third kappa shape index (κ3) is 9.11. The first kappa shape index (κ1) is 27.2. The monoisotopic (exact) mass is 468 g/mol. The van der Waals surface area contributed by atoms with Crippen LogP contribution in [0.25, 0.3) is 0 Å². The van der Waals surface area contributed by atoms with Gasteiger partial charge in [-0.15, -0.1) is 0 Å². The molecule has 0 heterocycles. The van der Waals surface area contributed by atoms with Gasteiger partial charge in [0.1, 0.15) is 0 Å². The lowest BCUT2D eigenvalue weighted by Crippen LogP contribution is -2.46. The summed E-state index contributed by atoms with van der Waals surface area (Å²) in [5.74, 6) is 5.31. The van der Waals surface area contributed by atoms with Crippen molar-refractivity contribution in [3.05, 3.63) is 0 Å². The largest absolute Gasteiger partial charge is 0.500 e. The van der Waals surface area contributed by atoms with E-state index in [1.165, 1.54) is 56.5 Å². The molecule has 1 rings (SSSR count). The summed E-state index contributed by atoms with van der Waals surface area (Å²) in [6.07, 6.45) is 10.6. The fourth-order valence-electron chi connectivity index (χ4n) is 4.78. The zero-order valence-corrected chi connectivity index (χ0v) is 22.0. The van der Waals surface area contributed by atoms with E-state index in [1.54, 1.807) is 0 Å². The molecule has 0 aromatic carbocycles. The van der Waals surface area contributed by atoms with Crippen molar-refractivity contribution in [1.82, 2.24) is 0 Å². The first-order chi connectivity index (χ1) is 13.6. The van der Waals surface area contributed by atoms with Crippen molar-refractivity contribution >= 4 is 45.8 Å². The number of thioether (sulfide) groups is 1. The van der Waals surface area contributed by atoms with Gasteiger partial charge in [-0.2, -0.15) is 37.0 Å². The highest BCUT2D eigenvalue weighted by Gasteiger charge is 2.40. The van der Waals surface area contributed by atoms with E-state index < -0.39 is 8.80 Å². The molecular weight excluding hydrogens is 425 g/mol. The summed E-state index contributed by atoms with van der Waals surface area (Å²) in [5.41, 5.74) is 0.503. The molecule has 1 aliphatic carbocycles. The van der Waals surface area contributed by atoms with Crippen LogP contribution in [0.2, 0.25) is 6.04 Å². The van der Waals surface area contributed by atoms with Crippen LogP contribution in [0.1, 0.15) is 72.1 Å². The SMILES string of the molecule is CCO[Si](CCCSCCC1CCCCC1(CCS)CCS)(OCC)OCC. The summed E-state index contributed by atoms with van der Waals surface area (Å²) in [4.78, 5) is 0. The molecule has 0 aromatic rings. The first-order valence-corrected chi connectivity index (χ1v) is 15.7. The molecule has 1 saturated carbocycles. The van der Waals surface area contributed by atoms with Crippen molar-refractivity contribution in [2.75, 3.05) is 42.8 Å². The molecule has 0 amide bonds. The predicted octanol–water partition coefficient (Wildman–Crippen LogP) is 6.36. The van der Waals surface area contributed by atoms with E-state index >= 15 is 0 Å². The lowest BCUT2D eigenvalue weighted by Gasteiger charge is -2.45. The summed E-state index contributed by atoms with van der Waals surface area (Å²) in [5, 5.41) is 0. The van der Waals surface area contributed by atoms with Gasteiger partial charge >= 0.3 is 8.80 Å². The molecule has 1 aliphatic rings. The maximum Gasteiger partial charge on any atom is 0.500 e. The van der Waals surface area contributed by atoms with Gasteiger partial charge in [-0.25, -0.2) is 0 Å². The Balaban J connectivity index is 2.41. The van der Waals surface area contributed by atoms with Gasteiger partial charge < -0.3 is 13.3 Å². The van der Waals surface area contributed by atoms with Crippen LogP contribution in [0.15, 0.2) is 0 Å². The zero-order chi connectivity index (χ0) is 20.7. The van der Waals surface area contributed by atoms with Gasteiger partial charge in [-0.1, -0.05) is 12.8 Å². The van der Waals surface area contributed by atoms with Crippen LogP contribution in [0.3, 0.4) is 0 Å². The van der Waals surface area contributed by atoms with Gasteiger partial charge in [0.2, 0.25) is 0 Å². The van der Waals surface area contributed by atoms with Crippen molar-refractivity contribution in [3.8, 4) is 0 Å². The second-order valence-corrected chi connectivity index (χ2v) is 12.6. The summed E-state index contributed by atoms with van der Waals surface area (Å²) in [6, 6.07) is 0.933. The van der Waals surface area contributed by atoms with Gasteiger partial charge in [0.15, 0.2) is 0 Å². The zero-order valence-electron chi connectivity index (χ0n) is 18.4. The molecule has 28 heavy (non-hydrogen) atoms. The highest BCUT2D eigenvalue weighted by Crippen LogP contribution is 2.49. The minimum atomic E-state index is -2.46. The van der Waals surface area contributed by atoms with Crippen molar-refractivity contribution < 1.29 is 13.3 Å². The maximum absolute atomic E-state index is 5.96. The molecule has 0 spiro atoms. The van der Waals surface area contributed by atoms with Crippen molar-refractivity contribution in [2.24, 2.45) is 11.3 Å². The highest BCUT2D eigenvalue weighted by atomic mass is 32.2. The van der Waals surface area contributed by atoms with Crippen molar-refractivity contribution in [2.45, 2.75) is 78.2 Å². The Morgan fingerprint density at radius 2 is 1.54 bits per heavy atom. The summed E-state index contributed by atoms with van der Waals surface area (Å²) < 4.78 is 17.9. The summed E-state index contributed by atoms with van der Waals surface area (Å²) >= 11 is 11.2. The molecule has 1 unspecified atom stereocenters. The number of rotatable bonds is 17. The standard InChI is InChI=1S/C21H44O3S3Si/c1-4-22-28(23-5-2,24-6-3)19-9-17-27-18-11-20-10-7-8-12-21(20,13-15-25)14-16-26/h20,25-26H,4-19H2,1-3H3. The molecule has 0 aliphatic heterocycles. The molecule has 0 saturated heterocycles. The third-order valence-electron chi connectivity index (χ3n) is 6.04. The van der Waals surface area contributed by atoms with Gasteiger partial charge in [-0.05, 0) is 93.6 Å². The second-order valence-electron chi connectivity index (χ2n) is 7.74. The van der Waals surface area contributed by atoms with Crippen LogP contribution < -0.4 is 0 Å². The minimum absolute atomic E-state index is 0.503. The van der Waals surface area contributed by atoms with Crippen molar-refractivity contribution in [3.63, 3.8) is 0 Å². The van der Waals surface area contributed by atoms with Crippen LogP contribution >= 0.6 is 37.0 Å². The third-order valence-corrected chi connectivity index (χ3v) is 10.7. The Hall–Kier alpha value is 1.15. The molecule has 0 bridgehead atoms. The fourth-order valence-corrected chi connectivity index (χ4v) is 9.54. The van der Waals surface area contributed by atoms with E-state index in [1.807, 2.05) is 20.8 Å². The summed E-state index contributed by atoms with van der Waals surface area (Å²) in [7, 11) is -2.46. The quantitative estimate of drug-likeness (QED) is 0.147. The van der Waals surface area contributed by atoms with Crippen LogP contribution in [0.4, 0.5) is 0 Å². The summed E-state index contributed by atoms with van der Waals surface area (Å²) in [6.45, 7) is 8.08. The second kappa shape index (κ2) is 15.9. The molecule has 168 valence electrons. The van der Waals surface area contributed by atoms with Gasteiger partial charge in [0, 0.05) is 25.9 Å². The molecular formula is C21H44O3S3Si. The van der Waals surface area contributed by atoms with Crippen LogP contribution in [-0.2, 0) is 13.3 Å². The molecule has 1 fully saturated rings. The van der Waals surface area contributed by atoms with E-state index in [9.17, 15) is 0 Å². The van der Waals surface area contributed by atoms with Gasteiger partial charge in [-0.3, -0.25) is 0 Å². The fraction of sp³-hybridized carbons (Fsp3) is 1.00. The average molecular weight is 469 g/mol. The number of hydrogen-bond donors (Lipinski definition) is 2. The highest BCUT2D eigenvalue weighted by molar-refractivity contribution is 7.99. The Labute approximate surface area is 191 Å². The van der Waals surface area contributed by atoms with Gasteiger partial charge in [0.25, 0.3) is 0 Å². The predicted molar refractivity (Wildman–Crippen MR) is 133 cm³/mol. The number of hydrogen-bond acceptors (Lipinski definition) is 6. The van der Waals surface area contributed by atoms with Crippen molar-refractivity contribution in [1.29, 1.82) is 0 Å². The van der Waals surface area contributed by atoms with E-state index in [2.05, 4.69) is 37.0 Å². The minimum Gasteiger partial charge on any atom is -0.374 e. The van der Waals surface area contributed by atoms with E-state index in [0.717, 1.165) is 29.9 Å². The maximum atomic E-state index is 5.96. The lowest BCUT2D eigenvalue weighted by atomic mass is 9.62. The lowest BCUT2D eigenvalue weighted by molar-refractivity contribution is 0.0712. The average Bonchev–Trinajstić information content (AvgIpc) is 2.67. The number of thiol groups is 2. The Morgan fingerprint density at radius 3 is 2.07 bits per heavy atom.